The monoisotopic (exact) mass is 257 g/mol. The number of aryl methyl sites for hydroxylation is 2. The van der Waals surface area contributed by atoms with E-state index in [2.05, 4.69) is 61.6 Å². The van der Waals surface area contributed by atoms with Crippen LogP contribution in [0.2, 0.25) is 0 Å². The van der Waals surface area contributed by atoms with Gasteiger partial charge in [-0.15, -0.1) is 0 Å². The van der Waals surface area contributed by atoms with Gasteiger partial charge in [-0.25, -0.2) is 0 Å². The van der Waals surface area contributed by atoms with Gasteiger partial charge in [0, 0.05) is 18.8 Å². The quantitative estimate of drug-likeness (QED) is 0.861. The fraction of sp³-hybridized carbons (Fsp3) is 0.438. The molecule has 0 amide bonds. The van der Waals surface area contributed by atoms with Crippen molar-refractivity contribution in [2.75, 3.05) is 6.54 Å². The maximum Gasteiger partial charge on any atom is 0.0522 e. The highest BCUT2D eigenvalue weighted by atomic mass is 15.3. The molecule has 3 heteroatoms. The molecule has 1 aromatic heterocycles. The van der Waals surface area contributed by atoms with Crippen molar-refractivity contribution in [1.29, 1.82) is 0 Å². The van der Waals surface area contributed by atoms with E-state index in [-0.39, 0.29) is 0 Å². The third-order valence-corrected chi connectivity index (χ3v) is 3.38. The number of nitrogens with zero attached hydrogens (tertiary/aromatic N) is 2. The Kier molecular flexibility index (Phi) is 4.74. The summed E-state index contributed by atoms with van der Waals surface area (Å²) in [5, 5.41) is 7.90. The maximum atomic E-state index is 4.34. The van der Waals surface area contributed by atoms with E-state index >= 15 is 0 Å². The molecule has 3 nitrogen and oxygen atoms in total. The summed E-state index contributed by atoms with van der Waals surface area (Å²) in [7, 11) is 0. The molecule has 2 aromatic rings. The molecule has 0 saturated carbocycles. The third-order valence-electron chi connectivity index (χ3n) is 3.38. The summed E-state index contributed by atoms with van der Waals surface area (Å²) >= 11 is 0. The van der Waals surface area contributed by atoms with Crippen LogP contribution in [0.3, 0.4) is 0 Å². The number of hydrogen-bond donors (Lipinski definition) is 1. The summed E-state index contributed by atoms with van der Waals surface area (Å²) in [6.45, 7) is 8.28. The summed E-state index contributed by atoms with van der Waals surface area (Å²) in [6.07, 6.45) is 5.09. The van der Waals surface area contributed by atoms with E-state index in [1.807, 2.05) is 10.9 Å². The van der Waals surface area contributed by atoms with Gasteiger partial charge in [0.2, 0.25) is 0 Å². The van der Waals surface area contributed by atoms with Crippen molar-refractivity contribution in [2.45, 2.75) is 39.8 Å². The molecule has 2 rings (SSSR count). The van der Waals surface area contributed by atoms with Gasteiger partial charge >= 0.3 is 0 Å². The van der Waals surface area contributed by atoms with E-state index in [9.17, 15) is 0 Å². The highest BCUT2D eigenvalue weighted by molar-refractivity contribution is 5.25. The van der Waals surface area contributed by atoms with E-state index in [1.165, 1.54) is 16.7 Å². The zero-order chi connectivity index (χ0) is 13.7. The van der Waals surface area contributed by atoms with Crippen molar-refractivity contribution in [3.05, 3.63) is 53.3 Å². The standard InChI is InChI=1S/C16H23N3/c1-4-17-16(15-8-6-13(3)7-9-15)10-14-11-18-19(5-2)12-14/h6-9,11-12,16-17H,4-5,10H2,1-3H3. The zero-order valence-electron chi connectivity index (χ0n) is 12.1. The fourth-order valence-electron chi connectivity index (χ4n) is 2.27. The van der Waals surface area contributed by atoms with Crippen molar-refractivity contribution in [3.63, 3.8) is 0 Å². The number of rotatable bonds is 6. The van der Waals surface area contributed by atoms with Gasteiger partial charge in [-0.3, -0.25) is 4.68 Å². The van der Waals surface area contributed by atoms with Crippen LogP contribution in [-0.2, 0) is 13.0 Å². The van der Waals surface area contributed by atoms with Crippen LogP contribution in [0.25, 0.3) is 0 Å². The molecule has 102 valence electrons. The van der Waals surface area contributed by atoms with Gasteiger partial charge in [0.25, 0.3) is 0 Å². The zero-order valence-corrected chi connectivity index (χ0v) is 12.1. The molecule has 0 radical (unpaired) electrons. The van der Waals surface area contributed by atoms with Crippen molar-refractivity contribution >= 4 is 0 Å². The predicted molar refractivity (Wildman–Crippen MR) is 79.2 cm³/mol. The van der Waals surface area contributed by atoms with Crippen molar-refractivity contribution in [2.24, 2.45) is 0 Å². The molecular weight excluding hydrogens is 234 g/mol. The first-order valence-corrected chi connectivity index (χ1v) is 7.04. The third kappa shape index (κ3) is 3.67. The summed E-state index contributed by atoms with van der Waals surface area (Å²) in [4.78, 5) is 0. The number of likely N-dealkylation sites (N-methyl/N-ethyl adjacent to an activating group) is 1. The van der Waals surface area contributed by atoms with Crippen LogP contribution in [0, 0.1) is 6.92 Å². The van der Waals surface area contributed by atoms with Crippen LogP contribution >= 0.6 is 0 Å². The molecule has 0 saturated heterocycles. The molecule has 0 bridgehead atoms. The van der Waals surface area contributed by atoms with Gasteiger partial charge < -0.3 is 5.32 Å². The van der Waals surface area contributed by atoms with Crippen LogP contribution in [0.4, 0.5) is 0 Å². The van der Waals surface area contributed by atoms with Crippen molar-refractivity contribution in [1.82, 2.24) is 15.1 Å². The lowest BCUT2D eigenvalue weighted by atomic mass is 9.99. The normalized spacial score (nSPS) is 12.6. The molecule has 1 aromatic carbocycles. The largest absolute Gasteiger partial charge is 0.310 e. The minimum atomic E-state index is 0.361. The summed E-state index contributed by atoms with van der Waals surface area (Å²) in [5.41, 5.74) is 3.93. The number of aromatic nitrogens is 2. The highest BCUT2D eigenvalue weighted by Crippen LogP contribution is 2.18. The van der Waals surface area contributed by atoms with Crippen molar-refractivity contribution < 1.29 is 0 Å². The molecule has 0 aliphatic heterocycles. The second-order valence-corrected chi connectivity index (χ2v) is 4.93. The lowest BCUT2D eigenvalue weighted by Gasteiger charge is -2.17. The Hall–Kier alpha value is -1.61. The van der Waals surface area contributed by atoms with Gasteiger partial charge in [-0.1, -0.05) is 36.8 Å². The average Bonchev–Trinajstić information content (AvgIpc) is 2.87. The van der Waals surface area contributed by atoms with E-state index < -0.39 is 0 Å². The highest BCUT2D eigenvalue weighted by Gasteiger charge is 2.12. The molecule has 0 aliphatic rings. The maximum absolute atomic E-state index is 4.34. The van der Waals surface area contributed by atoms with Gasteiger partial charge in [0.1, 0.15) is 0 Å². The molecule has 1 unspecified atom stereocenters. The second kappa shape index (κ2) is 6.53. The average molecular weight is 257 g/mol. The Bertz CT molecular complexity index is 499. The SMILES string of the molecule is CCNC(Cc1cnn(CC)c1)c1ccc(C)cc1. The lowest BCUT2D eigenvalue weighted by molar-refractivity contribution is 0.549. The molecule has 0 spiro atoms. The molecule has 0 aliphatic carbocycles. The van der Waals surface area contributed by atoms with Gasteiger partial charge in [-0.05, 0) is 37.9 Å². The van der Waals surface area contributed by atoms with E-state index in [4.69, 9.17) is 0 Å². The molecule has 1 heterocycles. The predicted octanol–water partition coefficient (Wildman–Crippen LogP) is 3.10. The van der Waals surface area contributed by atoms with Crippen LogP contribution in [0.15, 0.2) is 36.7 Å². The molecule has 0 fully saturated rings. The topological polar surface area (TPSA) is 29.9 Å². The van der Waals surface area contributed by atoms with Crippen LogP contribution in [0.1, 0.15) is 36.6 Å². The van der Waals surface area contributed by atoms with Crippen LogP contribution < -0.4 is 5.32 Å². The van der Waals surface area contributed by atoms with E-state index in [0.29, 0.717) is 6.04 Å². The van der Waals surface area contributed by atoms with Gasteiger partial charge in [0.15, 0.2) is 0 Å². The lowest BCUT2D eigenvalue weighted by Crippen LogP contribution is -2.22. The summed E-state index contributed by atoms with van der Waals surface area (Å²) in [5.74, 6) is 0. The first-order valence-electron chi connectivity index (χ1n) is 7.04. The van der Waals surface area contributed by atoms with E-state index in [1.54, 1.807) is 0 Å². The Balaban J connectivity index is 2.13. The molecule has 1 atom stereocenters. The van der Waals surface area contributed by atoms with Crippen molar-refractivity contribution in [3.8, 4) is 0 Å². The Labute approximate surface area is 115 Å². The summed E-state index contributed by atoms with van der Waals surface area (Å²) in [6, 6.07) is 9.14. The second-order valence-electron chi connectivity index (χ2n) is 4.93. The van der Waals surface area contributed by atoms with Gasteiger partial charge in [-0.2, -0.15) is 5.10 Å². The number of nitrogens with one attached hydrogen (secondary N) is 1. The number of benzene rings is 1. The van der Waals surface area contributed by atoms with Crippen LogP contribution in [-0.4, -0.2) is 16.3 Å². The summed E-state index contributed by atoms with van der Waals surface area (Å²) < 4.78 is 1.98. The molecule has 19 heavy (non-hydrogen) atoms. The molecular formula is C16H23N3. The Morgan fingerprint density at radius 1 is 1.21 bits per heavy atom. The fourth-order valence-corrected chi connectivity index (χ4v) is 2.27. The minimum absolute atomic E-state index is 0.361. The Morgan fingerprint density at radius 2 is 1.95 bits per heavy atom. The van der Waals surface area contributed by atoms with Gasteiger partial charge in [0.05, 0.1) is 6.20 Å². The molecule has 1 N–H and O–H groups in total. The smallest absolute Gasteiger partial charge is 0.0522 e. The van der Waals surface area contributed by atoms with E-state index in [0.717, 1.165) is 19.5 Å². The Morgan fingerprint density at radius 3 is 2.53 bits per heavy atom. The van der Waals surface area contributed by atoms with Crippen LogP contribution in [0.5, 0.6) is 0 Å². The number of hydrogen-bond acceptors (Lipinski definition) is 2. The first kappa shape index (κ1) is 13.8. The minimum Gasteiger partial charge on any atom is -0.310 e. The first-order chi connectivity index (χ1) is 9.22.